The van der Waals surface area contributed by atoms with Gasteiger partial charge >= 0.3 is 0 Å². The minimum absolute atomic E-state index is 0.0248. The molecule has 0 spiro atoms. The predicted molar refractivity (Wildman–Crippen MR) is 126 cm³/mol. The van der Waals surface area contributed by atoms with E-state index in [2.05, 4.69) is 11.4 Å². The van der Waals surface area contributed by atoms with E-state index in [-0.39, 0.29) is 11.8 Å². The molecule has 1 N–H and O–H groups in total. The van der Waals surface area contributed by atoms with Crippen LogP contribution in [0.1, 0.15) is 40.7 Å². The summed E-state index contributed by atoms with van der Waals surface area (Å²) in [5.74, 6) is -0.232. The summed E-state index contributed by atoms with van der Waals surface area (Å²) >= 11 is 0. The summed E-state index contributed by atoms with van der Waals surface area (Å²) in [7, 11) is 0. The van der Waals surface area contributed by atoms with Gasteiger partial charge in [-0.05, 0) is 49.6 Å². The lowest BCUT2D eigenvalue weighted by molar-refractivity contribution is -0.111. The Labute approximate surface area is 187 Å². The van der Waals surface area contributed by atoms with E-state index in [0.717, 1.165) is 48.0 Å². The van der Waals surface area contributed by atoms with Crippen LogP contribution in [0.3, 0.4) is 0 Å². The van der Waals surface area contributed by atoms with Crippen molar-refractivity contribution < 1.29 is 9.59 Å². The van der Waals surface area contributed by atoms with Crippen molar-refractivity contribution in [3.63, 3.8) is 0 Å². The Kier molecular flexibility index (Phi) is 6.37. The number of carbonyl (C=O) groups is 2. The van der Waals surface area contributed by atoms with Gasteiger partial charge in [0.1, 0.15) is 0 Å². The van der Waals surface area contributed by atoms with E-state index in [1.165, 1.54) is 6.08 Å². The molecule has 6 heteroatoms. The second-order valence-corrected chi connectivity index (χ2v) is 8.00. The molecule has 1 fully saturated rings. The summed E-state index contributed by atoms with van der Waals surface area (Å²) in [5.41, 5.74) is 4.00. The summed E-state index contributed by atoms with van der Waals surface area (Å²) in [6.45, 7) is 4.05. The molecule has 1 aromatic heterocycles. The highest BCUT2D eigenvalue weighted by atomic mass is 16.2. The van der Waals surface area contributed by atoms with Crippen molar-refractivity contribution >= 4 is 34.5 Å². The van der Waals surface area contributed by atoms with E-state index >= 15 is 0 Å². The Morgan fingerprint density at radius 2 is 1.91 bits per heavy atom. The van der Waals surface area contributed by atoms with Crippen molar-refractivity contribution in [2.75, 3.05) is 18.4 Å². The standard InChI is InChI=1S/C26H26N4O2/c1-19-21(26(32)29-15-4-5-16-29)9-6-10-23(19)28-25(31)13-12-20-18-30(17-7-14-27)24-11-3-2-8-22(20)24/h2-3,6,8-13,18H,4-5,7,15-17H2,1H3,(H,28,31)/b13-12+. The number of carbonyl (C=O) groups excluding carboxylic acids is 2. The van der Waals surface area contributed by atoms with Gasteiger partial charge in [-0.15, -0.1) is 0 Å². The van der Waals surface area contributed by atoms with Crippen LogP contribution in [0.25, 0.3) is 17.0 Å². The number of benzene rings is 2. The van der Waals surface area contributed by atoms with Crippen LogP contribution in [0, 0.1) is 18.3 Å². The first-order valence-corrected chi connectivity index (χ1v) is 10.9. The van der Waals surface area contributed by atoms with Crippen LogP contribution in [-0.2, 0) is 11.3 Å². The quantitative estimate of drug-likeness (QED) is 0.578. The third-order valence-corrected chi connectivity index (χ3v) is 5.91. The van der Waals surface area contributed by atoms with Gasteiger partial charge in [0.05, 0.1) is 12.5 Å². The first-order chi connectivity index (χ1) is 15.6. The Balaban J connectivity index is 1.52. The van der Waals surface area contributed by atoms with Gasteiger partial charge in [0.2, 0.25) is 5.91 Å². The number of nitrogens with one attached hydrogen (secondary N) is 1. The van der Waals surface area contributed by atoms with E-state index < -0.39 is 0 Å². The lowest BCUT2D eigenvalue weighted by Crippen LogP contribution is -2.28. The number of para-hydroxylation sites is 1. The number of amides is 2. The molecule has 0 atom stereocenters. The molecule has 1 aliphatic rings. The molecular weight excluding hydrogens is 400 g/mol. The average molecular weight is 427 g/mol. The van der Waals surface area contributed by atoms with Gasteiger partial charge in [-0.2, -0.15) is 5.26 Å². The van der Waals surface area contributed by atoms with Crippen LogP contribution in [0.5, 0.6) is 0 Å². The van der Waals surface area contributed by atoms with Gasteiger partial charge in [-0.25, -0.2) is 0 Å². The Bertz CT molecular complexity index is 1230. The van der Waals surface area contributed by atoms with Crippen molar-refractivity contribution in [1.82, 2.24) is 9.47 Å². The summed E-state index contributed by atoms with van der Waals surface area (Å²) < 4.78 is 2.04. The predicted octanol–water partition coefficient (Wildman–Crippen LogP) is 4.75. The van der Waals surface area contributed by atoms with Crippen LogP contribution in [0.15, 0.2) is 54.7 Å². The van der Waals surface area contributed by atoms with Gasteiger partial charge in [-0.1, -0.05) is 24.3 Å². The number of hydrogen-bond donors (Lipinski definition) is 1. The smallest absolute Gasteiger partial charge is 0.254 e. The number of nitriles is 1. The maximum Gasteiger partial charge on any atom is 0.254 e. The fourth-order valence-corrected chi connectivity index (χ4v) is 4.20. The lowest BCUT2D eigenvalue weighted by Gasteiger charge is -2.18. The second-order valence-electron chi connectivity index (χ2n) is 8.00. The van der Waals surface area contributed by atoms with Gasteiger partial charge in [0, 0.05) is 59.6 Å². The second kappa shape index (κ2) is 9.52. The summed E-state index contributed by atoms with van der Waals surface area (Å²) in [6.07, 6.45) is 7.76. The minimum atomic E-state index is -0.257. The first kappa shape index (κ1) is 21.4. The van der Waals surface area contributed by atoms with Crippen molar-refractivity contribution in [3.8, 4) is 6.07 Å². The van der Waals surface area contributed by atoms with Crippen LogP contribution in [0.2, 0.25) is 0 Å². The van der Waals surface area contributed by atoms with E-state index in [0.29, 0.717) is 24.2 Å². The van der Waals surface area contributed by atoms with E-state index in [9.17, 15) is 9.59 Å². The molecule has 0 bridgehead atoms. The number of hydrogen-bond acceptors (Lipinski definition) is 3. The molecule has 162 valence electrons. The van der Waals surface area contributed by atoms with Gasteiger partial charge in [0.15, 0.2) is 0 Å². The third-order valence-electron chi connectivity index (χ3n) is 5.91. The van der Waals surface area contributed by atoms with E-state index in [1.54, 1.807) is 12.1 Å². The number of nitrogens with zero attached hydrogens (tertiary/aromatic N) is 3. The molecule has 0 radical (unpaired) electrons. The fraction of sp³-hybridized carbons (Fsp3) is 0.269. The van der Waals surface area contributed by atoms with Crippen LogP contribution in [0.4, 0.5) is 5.69 Å². The van der Waals surface area contributed by atoms with Gasteiger partial charge in [-0.3, -0.25) is 9.59 Å². The van der Waals surface area contributed by atoms with Crippen LogP contribution in [-0.4, -0.2) is 34.4 Å². The molecule has 0 saturated carbocycles. The highest BCUT2D eigenvalue weighted by Crippen LogP contribution is 2.24. The molecule has 32 heavy (non-hydrogen) atoms. The third kappa shape index (κ3) is 4.42. The lowest BCUT2D eigenvalue weighted by atomic mass is 10.1. The molecule has 1 aliphatic heterocycles. The molecule has 1 saturated heterocycles. The molecule has 2 amide bonds. The summed E-state index contributed by atoms with van der Waals surface area (Å²) in [4.78, 5) is 27.3. The van der Waals surface area contributed by atoms with Crippen LogP contribution >= 0.6 is 0 Å². The fourth-order valence-electron chi connectivity index (χ4n) is 4.20. The maximum atomic E-state index is 12.8. The first-order valence-electron chi connectivity index (χ1n) is 10.9. The van der Waals surface area contributed by atoms with E-state index in [1.807, 2.05) is 59.0 Å². The van der Waals surface area contributed by atoms with Crippen molar-refractivity contribution in [2.45, 2.75) is 32.7 Å². The molecule has 3 aromatic rings. The molecule has 2 heterocycles. The molecule has 4 rings (SSSR count). The van der Waals surface area contributed by atoms with Crippen molar-refractivity contribution in [2.24, 2.45) is 0 Å². The van der Waals surface area contributed by atoms with Crippen molar-refractivity contribution in [3.05, 3.63) is 71.4 Å². The summed E-state index contributed by atoms with van der Waals surface area (Å²) in [5, 5.41) is 12.8. The zero-order chi connectivity index (χ0) is 22.5. The SMILES string of the molecule is Cc1c(NC(=O)/C=C/c2cn(CCC#N)c3ccccc23)cccc1C(=O)N1CCCC1. The molecular formula is C26H26N4O2. The Hall–Kier alpha value is -3.85. The topological polar surface area (TPSA) is 78.1 Å². The Morgan fingerprint density at radius 3 is 2.69 bits per heavy atom. The molecule has 6 nitrogen and oxygen atoms in total. The minimum Gasteiger partial charge on any atom is -0.346 e. The maximum absolute atomic E-state index is 12.8. The van der Waals surface area contributed by atoms with E-state index in [4.69, 9.17) is 5.26 Å². The number of likely N-dealkylation sites (tertiary alicyclic amines) is 1. The zero-order valence-electron chi connectivity index (χ0n) is 18.2. The Morgan fingerprint density at radius 1 is 1.12 bits per heavy atom. The largest absolute Gasteiger partial charge is 0.346 e. The van der Waals surface area contributed by atoms with Gasteiger partial charge in [0.25, 0.3) is 5.91 Å². The number of aryl methyl sites for hydroxylation is 1. The number of anilines is 1. The van der Waals surface area contributed by atoms with Gasteiger partial charge < -0.3 is 14.8 Å². The monoisotopic (exact) mass is 426 g/mol. The summed E-state index contributed by atoms with van der Waals surface area (Å²) in [6, 6.07) is 15.5. The number of rotatable bonds is 6. The average Bonchev–Trinajstić information content (AvgIpc) is 3.46. The zero-order valence-corrected chi connectivity index (χ0v) is 18.2. The molecule has 0 aliphatic carbocycles. The molecule has 2 aromatic carbocycles. The number of fused-ring (bicyclic) bond motifs is 1. The molecule has 0 unspecified atom stereocenters. The van der Waals surface area contributed by atoms with Crippen LogP contribution < -0.4 is 5.32 Å². The highest BCUT2D eigenvalue weighted by molar-refractivity contribution is 6.05. The highest BCUT2D eigenvalue weighted by Gasteiger charge is 2.21. The van der Waals surface area contributed by atoms with Crippen molar-refractivity contribution in [1.29, 1.82) is 5.26 Å². The number of aromatic nitrogens is 1. The normalized spacial score (nSPS) is 13.6.